The van der Waals surface area contributed by atoms with Crippen LogP contribution in [0.5, 0.6) is 0 Å². The van der Waals surface area contributed by atoms with Crippen LogP contribution < -0.4 is 5.32 Å². The van der Waals surface area contributed by atoms with Crippen molar-refractivity contribution in [1.29, 1.82) is 0 Å². The Kier molecular flexibility index (Phi) is 7.18. The number of carbonyl (C=O) groups is 1. The molecule has 2 aromatic carbocycles. The summed E-state index contributed by atoms with van der Waals surface area (Å²) < 4.78 is 7.04. The molecule has 1 amide bonds. The van der Waals surface area contributed by atoms with Gasteiger partial charge in [-0.25, -0.2) is 4.79 Å². The molecule has 0 saturated carbocycles. The fraction of sp³-hybridized carbons (Fsp3) is 0.167. The van der Waals surface area contributed by atoms with Crippen molar-refractivity contribution in [2.45, 2.75) is 13.0 Å². The van der Waals surface area contributed by atoms with E-state index in [0.717, 1.165) is 20.1 Å². The number of carbonyl (C=O) groups excluding carboxylic acids is 1. The summed E-state index contributed by atoms with van der Waals surface area (Å²) >= 11 is 6.86. The van der Waals surface area contributed by atoms with Crippen molar-refractivity contribution < 1.29 is 9.53 Å². The highest BCUT2D eigenvalue weighted by atomic mass is 79.9. The molecule has 2 rings (SSSR count). The summed E-state index contributed by atoms with van der Waals surface area (Å²) in [7, 11) is 0. The number of hydrogen-bond acceptors (Lipinski definition) is 2. The predicted molar refractivity (Wildman–Crippen MR) is 98.0 cm³/mol. The zero-order valence-corrected chi connectivity index (χ0v) is 15.5. The molecule has 0 aliphatic rings. The number of hydrogen-bond donors (Lipinski definition) is 1. The molecule has 0 aliphatic heterocycles. The first-order valence-corrected chi connectivity index (χ1v) is 8.62. The van der Waals surface area contributed by atoms with Crippen LogP contribution in [-0.4, -0.2) is 12.6 Å². The summed E-state index contributed by atoms with van der Waals surface area (Å²) in [6, 6.07) is 15.4. The average molecular weight is 437 g/mol. The SMILES string of the molecule is O=C(NCCC#Cc1cc(Br)ccc1Br)OCc1ccccc1. The van der Waals surface area contributed by atoms with Gasteiger partial charge in [0, 0.05) is 27.5 Å². The second-order valence-electron chi connectivity index (χ2n) is 4.66. The quantitative estimate of drug-likeness (QED) is 0.547. The van der Waals surface area contributed by atoms with Crippen molar-refractivity contribution in [3.8, 4) is 11.8 Å². The number of benzene rings is 2. The Morgan fingerprint density at radius 1 is 1.13 bits per heavy atom. The number of halogens is 2. The molecule has 0 saturated heterocycles. The highest BCUT2D eigenvalue weighted by Gasteiger charge is 2.01. The van der Waals surface area contributed by atoms with Gasteiger partial charge < -0.3 is 10.1 Å². The maximum atomic E-state index is 11.6. The Labute approximate surface area is 152 Å². The smallest absolute Gasteiger partial charge is 0.407 e. The zero-order chi connectivity index (χ0) is 16.5. The lowest BCUT2D eigenvalue weighted by molar-refractivity contribution is 0.140. The first-order valence-electron chi connectivity index (χ1n) is 7.03. The van der Waals surface area contributed by atoms with Gasteiger partial charge in [-0.05, 0) is 39.7 Å². The molecule has 0 spiro atoms. The molecule has 118 valence electrons. The van der Waals surface area contributed by atoms with Gasteiger partial charge in [0.25, 0.3) is 0 Å². The number of nitrogens with one attached hydrogen (secondary N) is 1. The molecule has 2 aromatic rings. The molecule has 5 heteroatoms. The second-order valence-corrected chi connectivity index (χ2v) is 6.43. The summed E-state index contributed by atoms with van der Waals surface area (Å²) in [5.41, 5.74) is 1.87. The molecule has 0 bridgehead atoms. The Morgan fingerprint density at radius 3 is 2.70 bits per heavy atom. The molecule has 1 N–H and O–H groups in total. The maximum Gasteiger partial charge on any atom is 0.407 e. The summed E-state index contributed by atoms with van der Waals surface area (Å²) in [5.74, 6) is 6.09. The third-order valence-corrected chi connectivity index (χ3v) is 4.07. The van der Waals surface area contributed by atoms with Crippen LogP contribution in [0.15, 0.2) is 57.5 Å². The number of amides is 1. The van der Waals surface area contributed by atoms with E-state index in [4.69, 9.17) is 4.74 Å². The van der Waals surface area contributed by atoms with E-state index in [1.165, 1.54) is 0 Å². The fourth-order valence-corrected chi connectivity index (χ4v) is 2.46. The van der Waals surface area contributed by atoms with E-state index >= 15 is 0 Å². The summed E-state index contributed by atoms with van der Waals surface area (Å²) in [6.07, 6.45) is 0.124. The van der Waals surface area contributed by atoms with E-state index < -0.39 is 6.09 Å². The van der Waals surface area contributed by atoms with Crippen molar-refractivity contribution in [2.75, 3.05) is 6.54 Å². The Balaban J connectivity index is 1.70. The average Bonchev–Trinajstić information content (AvgIpc) is 2.56. The molecule has 0 heterocycles. The van der Waals surface area contributed by atoms with Gasteiger partial charge in [-0.1, -0.05) is 58.1 Å². The summed E-state index contributed by atoms with van der Waals surface area (Å²) in [6.45, 7) is 0.718. The predicted octanol–water partition coefficient (Wildman–Crippen LogP) is 4.88. The molecule has 0 unspecified atom stereocenters. The highest BCUT2D eigenvalue weighted by molar-refractivity contribution is 9.11. The summed E-state index contributed by atoms with van der Waals surface area (Å²) in [5, 5.41) is 2.68. The molecule has 0 radical (unpaired) electrons. The molecule has 3 nitrogen and oxygen atoms in total. The minimum atomic E-state index is -0.431. The summed E-state index contributed by atoms with van der Waals surface area (Å²) in [4.78, 5) is 11.6. The monoisotopic (exact) mass is 435 g/mol. The molecule has 23 heavy (non-hydrogen) atoms. The third kappa shape index (κ3) is 6.47. The molecule has 0 aliphatic carbocycles. The van der Waals surface area contributed by atoms with E-state index in [-0.39, 0.29) is 6.61 Å². The van der Waals surface area contributed by atoms with Gasteiger partial charge in [0.05, 0.1) is 0 Å². The van der Waals surface area contributed by atoms with Crippen LogP contribution in [-0.2, 0) is 11.3 Å². The number of alkyl carbamates (subject to hydrolysis) is 1. The van der Waals surface area contributed by atoms with Crippen LogP contribution in [0, 0.1) is 11.8 Å². The van der Waals surface area contributed by atoms with E-state index in [9.17, 15) is 4.79 Å². The lowest BCUT2D eigenvalue weighted by Gasteiger charge is -2.05. The highest BCUT2D eigenvalue weighted by Crippen LogP contribution is 2.20. The van der Waals surface area contributed by atoms with Crippen LogP contribution in [0.25, 0.3) is 0 Å². The first-order chi connectivity index (χ1) is 11.1. The second kappa shape index (κ2) is 9.39. The Hall–Kier alpha value is -1.77. The van der Waals surface area contributed by atoms with Gasteiger partial charge in [0.1, 0.15) is 6.61 Å². The molecule has 0 fully saturated rings. The maximum absolute atomic E-state index is 11.6. The van der Waals surface area contributed by atoms with E-state index in [0.29, 0.717) is 13.0 Å². The van der Waals surface area contributed by atoms with Crippen LogP contribution in [0.1, 0.15) is 17.5 Å². The van der Waals surface area contributed by atoms with Gasteiger partial charge in [0.2, 0.25) is 0 Å². The van der Waals surface area contributed by atoms with Crippen LogP contribution >= 0.6 is 31.9 Å². The van der Waals surface area contributed by atoms with Crippen molar-refractivity contribution >= 4 is 38.0 Å². The van der Waals surface area contributed by atoms with Gasteiger partial charge in [-0.15, -0.1) is 0 Å². The topological polar surface area (TPSA) is 38.3 Å². The van der Waals surface area contributed by atoms with E-state index in [2.05, 4.69) is 49.0 Å². The minimum absolute atomic E-state index is 0.267. The van der Waals surface area contributed by atoms with E-state index in [1.807, 2.05) is 48.5 Å². The third-order valence-electron chi connectivity index (χ3n) is 2.88. The van der Waals surface area contributed by atoms with Gasteiger partial charge in [-0.3, -0.25) is 0 Å². The lowest BCUT2D eigenvalue weighted by Crippen LogP contribution is -2.24. The molecule has 0 atom stereocenters. The van der Waals surface area contributed by atoms with Crippen LogP contribution in [0.4, 0.5) is 4.79 Å². The van der Waals surface area contributed by atoms with Gasteiger partial charge in [-0.2, -0.15) is 0 Å². The molecular weight excluding hydrogens is 422 g/mol. The minimum Gasteiger partial charge on any atom is -0.445 e. The molecule has 0 aromatic heterocycles. The largest absolute Gasteiger partial charge is 0.445 e. The van der Waals surface area contributed by atoms with Crippen LogP contribution in [0.2, 0.25) is 0 Å². The van der Waals surface area contributed by atoms with E-state index in [1.54, 1.807) is 0 Å². The van der Waals surface area contributed by atoms with Crippen molar-refractivity contribution in [3.05, 3.63) is 68.6 Å². The lowest BCUT2D eigenvalue weighted by atomic mass is 10.2. The number of rotatable bonds is 4. The first kappa shape index (κ1) is 17.6. The molecular formula is C18H15Br2NO2. The zero-order valence-electron chi connectivity index (χ0n) is 12.3. The Morgan fingerprint density at radius 2 is 1.91 bits per heavy atom. The van der Waals surface area contributed by atoms with Gasteiger partial charge >= 0.3 is 6.09 Å². The standard InChI is InChI=1S/C18H15Br2NO2/c19-16-9-10-17(20)15(12-16)8-4-5-11-21-18(22)23-13-14-6-2-1-3-7-14/h1-3,6-7,9-10,12H,5,11,13H2,(H,21,22). The Bertz CT molecular complexity index is 721. The van der Waals surface area contributed by atoms with Crippen molar-refractivity contribution in [1.82, 2.24) is 5.32 Å². The van der Waals surface area contributed by atoms with Crippen molar-refractivity contribution in [2.24, 2.45) is 0 Å². The van der Waals surface area contributed by atoms with Crippen molar-refractivity contribution in [3.63, 3.8) is 0 Å². The van der Waals surface area contributed by atoms with Crippen LogP contribution in [0.3, 0.4) is 0 Å². The number of ether oxygens (including phenoxy) is 1. The fourth-order valence-electron chi connectivity index (χ4n) is 1.75. The van der Waals surface area contributed by atoms with Gasteiger partial charge in [0.15, 0.2) is 0 Å². The normalized spacial score (nSPS) is 9.65.